The number of nitrogens with two attached hydrogens (primary N) is 1. The van der Waals surface area contributed by atoms with Gasteiger partial charge in [0.15, 0.2) is 0 Å². The summed E-state index contributed by atoms with van der Waals surface area (Å²) in [6.07, 6.45) is 3.76. The highest BCUT2D eigenvalue weighted by Crippen LogP contribution is 2.30. The lowest BCUT2D eigenvalue weighted by atomic mass is 10.1. The van der Waals surface area contributed by atoms with Crippen LogP contribution in [-0.4, -0.2) is 16.3 Å². The number of nitrogens with zero attached hydrogens (tertiary/aromatic N) is 1. The number of hydrogen-bond acceptors (Lipinski definition) is 3. The lowest BCUT2D eigenvalue weighted by molar-refractivity contribution is -0.0220. The predicted octanol–water partition coefficient (Wildman–Crippen LogP) is 2.15. The Morgan fingerprint density at radius 2 is 2.35 bits per heavy atom. The maximum Gasteiger partial charge on any atom is 0.265 e. The van der Waals surface area contributed by atoms with Crippen LogP contribution in [0.1, 0.15) is 26.7 Å². The molecule has 0 radical (unpaired) electrons. The molecule has 1 aromatic heterocycles. The van der Waals surface area contributed by atoms with Crippen LogP contribution < -0.4 is 11.3 Å². The molecule has 4 nitrogen and oxygen atoms in total. The number of ether oxygens (including phenoxy) is 1. The fourth-order valence-electron chi connectivity index (χ4n) is 2.18. The number of nitrogen functional groups attached to an aromatic ring is 1. The Morgan fingerprint density at radius 3 is 2.94 bits per heavy atom. The molecule has 1 atom stereocenters. The van der Waals surface area contributed by atoms with Gasteiger partial charge in [0.05, 0.1) is 22.7 Å². The molecular formula is C12H17BrN2O2. The fourth-order valence-corrected chi connectivity index (χ4v) is 2.67. The molecule has 0 aromatic carbocycles. The molecule has 94 valence electrons. The van der Waals surface area contributed by atoms with Gasteiger partial charge in [0, 0.05) is 11.9 Å². The second-order valence-electron chi connectivity index (χ2n) is 5.12. The van der Waals surface area contributed by atoms with Crippen LogP contribution in [0.4, 0.5) is 5.69 Å². The number of aromatic nitrogens is 1. The van der Waals surface area contributed by atoms with Crippen molar-refractivity contribution in [2.24, 2.45) is 0 Å². The van der Waals surface area contributed by atoms with Crippen molar-refractivity contribution in [3.05, 3.63) is 27.1 Å². The first kappa shape index (κ1) is 12.6. The summed E-state index contributed by atoms with van der Waals surface area (Å²) in [5, 5.41) is 0. The molecule has 0 spiro atoms. The molecule has 0 aliphatic carbocycles. The van der Waals surface area contributed by atoms with E-state index in [2.05, 4.69) is 29.8 Å². The van der Waals surface area contributed by atoms with Gasteiger partial charge in [-0.25, -0.2) is 0 Å². The highest BCUT2D eigenvalue weighted by molar-refractivity contribution is 9.10. The van der Waals surface area contributed by atoms with Crippen LogP contribution in [0.5, 0.6) is 0 Å². The number of anilines is 1. The highest BCUT2D eigenvalue weighted by atomic mass is 79.9. The maximum absolute atomic E-state index is 11.9. The van der Waals surface area contributed by atoms with E-state index in [9.17, 15) is 4.79 Å². The van der Waals surface area contributed by atoms with Gasteiger partial charge < -0.3 is 15.0 Å². The van der Waals surface area contributed by atoms with Crippen molar-refractivity contribution < 1.29 is 4.74 Å². The summed E-state index contributed by atoms with van der Waals surface area (Å²) in [5.41, 5.74) is 6.16. The van der Waals surface area contributed by atoms with Crippen molar-refractivity contribution in [2.45, 2.75) is 44.9 Å². The van der Waals surface area contributed by atoms with E-state index in [1.807, 2.05) is 0 Å². The van der Waals surface area contributed by atoms with Gasteiger partial charge in [0.1, 0.15) is 0 Å². The molecule has 2 N–H and O–H groups in total. The number of hydrogen-bond donors (Lipinski definition) is 1. The summed E-state index contributed by atoms with van der Waals surface area (Å²) in [7, 11) is 0. The van der Waals surface area contributed by atoms with Gasteiger partial charge in [-0.15, -0.1) is 0 Å². The monoisotopic (exact) mass is 300 g/mol. The summed E-state index contributed by atoms with van der Waals surface area (Å²) >= 11 is 3.21. The minimum absolute atomic E-state index is 0.0625. The first-order chi connectivity index (χ1) is 7.87. The standard InChI is InChI=1S/C12H17BrN2O2/c1-12(2)4-3-9(17-12)7-15-6-8(14)5-10(13)11(15)16/h5-6,9H,3-4,7,14H2,1-2H3. The predicted molar refractivity (Wildman–Crippen MR) is 71.0 cm³/mol. The molecule has 0 bridgehead atoms. The second kappa shape index (κ2) is 4.46. The van der Waals surface area contributed by atoms with E-state index in [1.54, 1.807) is 16.8 Å². The van der Waals surface area contributed by atoms with E-state index in [0.717, 1.165) is 12.8 Å². The Bertz CT molecular complexity index is 482. The summed E-state index contributed by atoms with van der Waals surface area (Å²) in [5.74, 6) is 0. The van der Waals surface area contributed by atoms with Crippen LogP contribution in [0.15, 0.2) is 21.5 Å². The van der Waals surface area contributed by atoms with Crippen molar-refractivity contribution >= 4 is 21.6 Å². The zero-order valence-corrected chi connectivity index (χ0v) is 11.7. The second-order valence-corrected chi connectivity index (χ2v) is 5.97. The highest BCUT2D eigenvalue weighted by Gasteiger charge is 2.31. The molecule has 1 aromatic rings. The van der Waals surface area contributed by atoms with Gasteiger partial charge in [-0.3, -0.25) is 4.79 Å². The van der Waals surface area contributed by atoms with Crippen LogP contribution >= 0.6 is 15.9 Å². The van der Waals surface area contributed by atoms with Crippen molar-refractivity contribution in [2.75, 3.05) is 5.73 Å². The Morgan fingerprint density at radius 1 is 1.65 bits per heavy atom. The first-order valence-corrected chi connectivity index (χ1v) is 6.50. The lowest BCUT2D eigenvalue weighted by Gasteiger charge is -2.20. The van der Waals surface area contributed by atoms with E-state index < -0.39 is 0 Å². The zero-order chi connectivity index (χ0) is 12.6. The molecule has 0 saturated carbocycles. The number of rotatable bonds is 2. The molecule has 1 unspecified atom stereocenters. The largest absolute Gasteiger partial charge is 0.398 e. The van der Waals surface area contributed by atoms with E-state index in [1.165, 1.54) is 0 Å². The first-order valence-electron chi connectivity index (χ1n) is 5.71. The fraction of sp³-hybridized carbons (Fsp3) is 0.583. The van der Waals surface area contributed by atoms with Crippen LogP contribution in [0.3, 0.4) is 0 Å². The maximum atomic E-state index is 11.9. The molecule has 2 rings (SSSR count). The van der Waals surface area contributed by atoms with Gasteiger partial charge >= 0.3 is 0 Å². The van der Waals surface area contributed by atoms with Crippen molar-refractivity contribution in [3.63, 3.8) is 0 Å². The van der Waals surface area contributed by atoms with Crippen LogP contribution in [-0.2, 0) is 11.3 Å². The molecular weight excluding hydrogens is 284 g/mol. The molecule has 1 saturated heterocycles. The zero-order valence-electron chi connectivity index (χ0n) is 10.1. The van der Waals surface area contributed by atoms with Gasteiger partial charge in [0.2, 0.25) is 0 Å². The normalized spacial score (nSPS) is 22.9. The Hall–Kier alpha value is -0.810. The Labute approximate surface area is 109 Å². The summed E-state index contributed by atoms with van der Waals surface area (Å²) in [4.78, 5) is 11.9. The number of halogens is 1. The van der Waals surface area contributed by atoms with Crippen LogP contribution in [0.2, 0.25) is 0 Å². The summed E-state index contributed by atoms with van der Waals surface area (Å²) < 4.78 is 7.98. The summed E-state index contributed by atoms with van der Waals surface area (Å²) in [6, 6.07) is 1.62. The minimum Gasteiger partial charge on any atom is -0.398 e. The molecule has 1 aliphatic heterocycles. The van der Waals surface area contributed by atoms with Gasteiger partial charge in [-0.05, 0) is 48.7 Å². The Balaban J connectivity index is 2.17. The lowest BCUT2D eigenvalue weighted by Crippen LogP contribution is -2.29. The van der Waals surface area contributed by atoms with Crippen LogP contribution in [0, 0.1) is 0 Å². The van der Waals surface area contributed by atoms with Gasteiger partial charge in [-0.2, -0.15) is 0 Å². The van der Waals surface area contributed by atoms with Crippen molar-refractivity contribution in [1.29, 1.82) is 0 Å². The molecule has 5 heteroatoms. The van der Waals surface area contributed by atoms with Gasteiger partial charge in [-0.1, -0.05) is 0 Å². The van der Waals surface area contributed by atoms with Crippen LogP contribution in [0.25, 0.3) is 0 Å². The topological polar surface area (TPSA) is 57.2 Å². The third-order valence-electron chi connectivity index (χ3n) is 3.02. The van der Waals surface area contributed by atoms with E-state index in [4.69, 9.17) is 10.5 Å². The molecule has 1 fully saturated rings. The SMILES string of the molecule is CC1(C)CCC(Cn2cc(N)cc(Br)c2=O)O1. The number of pyridine rings is 1. The Kier molecular flexibility index (Phi) is 3.32. The smallest absolute Gasteiger partial charge is 0.265 e. The third kappa shape index (κ3) is 2.90. The molecule has 17 heavy (non-hydrogen) atoms. The summed E-state index contributed by atoms with van der Waals surface area (Å²) in [6.45, 7) is 4.71. The van der Waals surface area contributed by atoms with Crippen molar-refractivity contribution in [1.82, 2.24) is 4.57 Å². The molecule has 0 amide bonds. The van der Waals surface area contributed by atoms with E-state index in [-0.39, 0.29) is 17.3 Å². The minimum atomic E-state index is -0.0775. The third-order valence-corrected chi connectivity index (χ3v) is 3.59. The molecule has 1 aliphatic rings. The van der Waals surface area contributed by atoms with E-state index in [0.29, 0.717) is 16.7 Å². The average molecular weight is 301 g/mol. The average Bonchev–Trinajstić information content (AvgIpc) is 2.54. The quantitative estimate of drug-likeness (QED) is 0.910. The molecule has 2 heterocycles. The van der Waals surface area contributed by atoms with E-state index >= 15 is 0 Å². The van der Waals surface area contributed by atoms with Crippen molar-refractivity contribution in [3.8, 4) is 0 Å². The van der Waals surface area contributed by atoms with Gasteiger partial charge in [0.25, 0.3) is 5.56 Å².